The summed E-state index contributed by atoms with van der Waals surface area (Å²) in [6.45, 7) is 2.59. The molecule has 0 N–H and O–H groups in total. The Kier molecular flexibility index (Phi) is 3.15. The topological polar surface area (TPSA) is 22.1 Å². The van der Waals surface area contributed by atoms with Gasteiger partial charge in [-0.25, -0.2) is 0 Å². The van der Waals surface area contributed by atoms with E-state index in [0.717, 1.165) is 22.3 Å². The summed E-state index contributed by atoms with van der Waals surface area (Å²) in [6.07, 6.45) is 0. The van der Waals surface area contributed by atoms with E-state index in [2.05, 4.69) is 23.2 Å². The van der Waals surface area contributed by atoms with Gasteiger partial charge < -0.3 is 4.74 Å². The van der Waals surface area contributed by atoms with Gasteiger partial charge in [0.15, 0.2) is 0 Å². The van der Waals surface area contributed by atoms with Gasteiger partial charge in [-0.15, -0.1) is 0 Å². The number of nitrogens with zero attached hydrogens (tertiary/aromatic N) is 1. The molecule has 0 radical (unpaired) electrons. The van der Waals surface area contributed by atoms with Gasteiger partial charge in [0, 0.05) is 11.1 Å². The normalized spacial score (nSPS) is 10.6. The maximum Gasteiger partial charge on any atom is 0.120 e. The maximum atomic E-state index is 5.80. The Bertz CT molecular complexity index is 692. The number of benzene rings is 2. The van der Waals surface area contributed by atoms with Crippen LogP contribution in [0.15, 0.2) is 60.7 Å². The second-order valence-electron chi connectivity index (χ2n) is 4.58. The lowest BCUT2D eigenvalue weighted by Crippen LogP contribution is -1.95. The lowest BCUT2D eigenvalue weighted by atomic mass is 10.2. The molecule has 2 aromatic carbocycles. The lowest BCUT2D eigenvalue weighted by Gasteiger charge is -2.07. The van der Waals surface area contributed by atoms with Crippen LogP contribution in [0, 0.1) is 6.92 Å². The molecule has 3 aromatic rings. The molecule has 0 saturated carbocycles. The molecule has 0 bridgehead atoms. The standard InChI is InChI=1S/C17H15NO/c1-13-7-8-15-11-16(9-10-17(15)18-13)19-12-14-5-3-2-4-6-14/h2-11H,12H2,1H3. The number of hydrogen-bond acceptors (Lipinski definition) is 2. The smallest absolute Gasteiger partial charge is 0.120 e. The molecule has 0 spiro atoms. The van der Waals surface area contributed by atoms with Crippen LogP contribution in [0.4, 0.5) is 0 Å². The molecular weight excluding hydrogens is 234 g/mol. The minimum Gasteiger partial charge on any atom is -0.489 e. The van der Waals surface area contributed by atoms with Crippen LogP contribution >= 0.6 is 0 Å². The predicted octanol–water partition coefficient (Wildman–Crippen LogP) is 4.12. The highest BCUT2D eigenvalue weighted by Gasteiger charge is 1.99. The van der Waals surface area contributed by atoms with Crippen molar-refractivity contribution in [1.29, 1.82) is 0 Å². The van der Waals surface area contributed by atoms with Gasteiger partial charge in [0.05, 0.1) is 5.52 Å². The lowest BCUT2D eigenvalue weighted by molar-refractivity contribution is 0.306. The number of aromatic nitrogens is 1. The maximum absolute atomic E-state index is 5.80. The number of hydrogen-bond donors (Lipinski definition) is 0. The molecule has 1 heterocycles. The van der Waals surface area contributed by atoms with Gasteiger partial charge in [0.1, 0.15) is 12.4 Å². The van der Waals surface area contributed by atoms with E-state index in [0.29, 0.717) is 6.61 Å². The van der Waals surface area contributed by atoms with Gasteiger partial charge in [0.2, 0.25) is 0 Å². The zero-order valence-corrected chi connectivity index (χ0v) is 10.8. The Hall–Kier alpha value is -2.35. The second kappa shape index (κ2) is 5.11. The van der Waals surface area contributed by atoms with Gasteiger partial charge in [-0.1, -0.05) is 36.4 Å². The number of rotatable bonds is 3. The van der Waals surface area contributed by atoms with Crippen molar-refractivity contribution in [3.05, 3.63) is 71.9 Å². The molecule has 2 nitrogen and oxygen atoms in total. The SMILES string of the molecule is Cc1ccc2cc(OCc3ccccc3)ccc2n1. The first-order chi connectivity index (χ1) is 9.31. The third-order valence-electron chi connectivity index (χ3n) is 3.05. The van der Waals surface area contributed by atoms with E-state index in [1.54, 1.807) is 0 Å². The fourth-order valence-electron chi connectivity index (χ4n) is 2.04. The van der Waals surface area contributed by atoms with Gasteiger partial charge in [-0.05, 0) is 36.8 Å². The number of aryl methyl sites for hydroxylation is 1. The van der Waals surface area contributed by atoms with Crippen LogP contribution in [-0.2, 0) is 6.61 Å². The molecule has 0 aliphatic rings. The minimum absolute atomic E-state index is 0.589. The Morgan fingerprint density at radius 1 is 0.947 bits per heavy atom. The zero-order valence-electron chi connectivity index (χ0n) is 10.8. The third-order valence-corrected chi connectivity index (χ3v) is 3.05. The Balaban J connectivity index is 1.80. The Morgan fingerprint density at radius 2 is 1.79 bits per heavy atom. The van der Waals surface area contributed by atoms with Crippen LogP contribution in [0.3, 0.4) is 0 Å². The molecule has 0 saturated heterocycles. The molecule has 19 heavy (non-hydrogen) atoms. The highest BCUT2D eigenvalue weighted by Crippen LogP contribution is 2.20. The zero-order chi connectivity index (χ0) is 13.1. The average Bonchev–Trinajstić information content (AvgIpc) is 2.46. The molecule has 0 unspecified atom stereocenters. The van der Waals surface area contributed by atoms with E-state index in [9.17, 15) is 0 Å². The van der Waals surface area contributed by atoms with Gasteiger partial charge in [0.25, 0.3) is 0 Å². The summed E-state index contributed by atoms with van der Waals surface area (Å²) in [5, 5.41) is 1.11. The van der Waals surface area contributed by atoms with E-state index >= 15 is 0 Å². The van der Waals surface area contributed by atoms with Gasteiger partial charge in [-0.2, -0.15) is 0 Å². The van der Waals surface area contributed by atoms with E-state index in [1.807, 2.05) is 49.4 Å². The van der Waals surface area contributed by atoms with Crippen molar-refractivity contribution in [3.8, 4) is 5.75 Å². The van der Waals surface area contributed by atoms with Crippen LogP contribution in [0.25, 0.3) is 10.9 Å². The van der Waals surface area contributed by atoms with Crippen LogP contribution in [-0.4, -0.2) is 4.98 Å². The number of fused-ring (bicyclic) bond motifs is 1. The largest absolute Gasteiger partial charge is 0.489 e. The molecule has 0 aliphatic heterocycles. The number of ether oxygens (including phenoxy) is 1. The minimum atomic E-state index is 0.589. The summed E-state index contributed by atoms with van der Waals surface area (Å²) >= 11 is 0. The summed E-state index contributed by atoms with van der Waals surface area (Å²) in [4.78, 5) is 4.48. The molecule has 1 aromatic heterocycles. The molecule has 0 aliphatic carbocycles. The monoisotopic (exact) mass is 249 g/mol. The first-order valence-electron chi connectivity index (χ1n) is 6.35. The van der Waals surface area contributed by atoms with Crippen molar-refractivity contribution in [2.24, 2.45) is 0 Å². The van der Waals surface area contributed by atoms with E-state index < -0.39 is 0 Å². The van der Waals surface area contributed by atoms with Gasteiger partial charge >= 0.3 is 0 Å². The van der Waals surface area contributed by atoms with E-state index in [1.165, 1.54) is 5.56 Å². The summed E-state index contributed by atoms with van der Waals surface area (Å²) in [5.41, 5.74) is 3.21. The summed E-state index contributed by atoms with van der Waals surface area (Å²) in [6, 6.07) is 20.3. The van der Waals surface area contributed by atoms with Gasteiger partial charge in [-0.3, -0.25) is 4.98 Å². The van der Waals surface area contributed by atoms with Crippen molar-refractivity contribution in [3.63, 3.8) is 0 Å². The molecular formula is C17H15NO. The van der Waals surface area contributed by atoms with Crippen LogP contribution < -0.4 is 4.74 Å². The molecule has 0 amide bonds. The van der Waals surface area contributed by atoms with Crippen LogP contribution in [0.2, 0.25) is 0 Å². The number of pyridine rings is 1. The molecule has 2 heteroatoms. The van der Waals surface area contributed by atoms with Crippen molar-refractivity contribution in [1.82, 2.24) is 4.98 Å². The summed E-state index contributed by atoms with van der Waals surface area (Å²) < 4.78 is 5.80. The molecule has 3 rings (SSSR count). The molecule has 0 fully saturated rings. The summed E-state index contributed by atoms with van der Waals surface area (Å²) in [5.74, 6) is 0.877. The van der Waals surface area contributed by atoms with Crippen molar-refractivity contribution >= 4 is 10.9 Å². The van der Waals surface area contributed by atoms with E-state index in [4.69, 9.17) is 4.74 Å². The summed E-state index contributed by atoms with van der Waals surface area (Å²) in [7, 11) is 0. The average molecular weight is 249 g/mol. The highest BCUT2D eigenvalue weighted by atomic mass is 16.5. The predicted molar refractivity (Wildman–Crippen MR) is 77.3 cm³/mol. The van der Waals surface area contributed by atoms with Crippen molar-refractivity contribution in [2.75, 3.05) is 0 Å². The second-order valence-corrected chi connectivity index (χ2v) is 4.58. The van der Waals surface area contributed by atoms with Crippen molar-refractivity contribution < 1.29 is 4.74 Å². The Labute approximate surface area is 112 Å². The first-order valence-corrected chi connectivity index (χ1v) is 6.35. The van der Waals surface area contributed by atoms with Crippen molar-refractivity contribution in [2.45, 2.75) is 13.5 Å². The fourth-order valence-corrected chi connectivity index (χ4v) is 2.04. The van der Waals surface area contributed by atoms with Crippen LogP contribution in [0.5, 0.6) is 5.75 Å². The first kappa shape index (κ1) is 11.7. The fraction of sp³-hybridized carbons (Fsp3) is 0.118. The van der Waals surface area contributed by atoms with Crippen LogP contribution in [0.1, 0.15) is 11.3 Å². The Morgan fingerprint density at radius 3 is 2.63 bits per heavy atom. The third kappa shape index (κ3) is 2.74. The molecule has 94 valence electrons. The van der Waals surface area contributed by atoms with E-state index in [-0.39, 0.29) is 0 Å². The molecule has 0 atom stereocenters. The highest BCUT2D eigenvalue weighted by molar-refractivity contribution is 5.80. The quantitative estimate of drug-likeness (QED) is 0.696.